The van der Waals surface area contributed by atoms with Gasteiger partial charge in [-0.3, -0.25) is 0 Å². The number of benzene rings is 1. The summed E-state index contributed by atoms with van der Waals surface area (Å²) in [7, 11) is 0. The molecule has 0 aliphatic heterocycles. The van der Waals surface area contributed by atoms with E-state index in [-0.39, 0.29) is 5.82 Å². The molecule has 0 heterocycles. The topological polar surface area (TPSA) is 21.3 Å². The van der Waals surface area contributed by atoms with Crippen molar-refractivity contribution in [3.05, 3.63) is 29.6 Å². The molecule has 0 saturated heterocycles. The van der Waals surface area contributed by atoms with Crippen LogP contribution in [0.1, 0.15) is 25.3 Å². The Balaban J connectivity index is 1.91. The molecule has 0 bridgehead atoms. The third kappa shape index (κ3) is 2.35. The Morgan fingerprint density at radius 3 is 2.81 bits per heavy atom. The van der Waals surface area contributed by atoms with Crippen LogP contribution in [0, 0.1) is 12.7 Å². The highest BCUT2D eigenvalue weighted by Crippen LogP contribution is 2.29. The molecule has 3 heteroatoms. The average molecular weight is 223 g/mol. The van der Waals surface area contributed by atoms with Crippen LogP contribution in [0.2, 0.25) is 0 Å². The highest BCUT2D eigenvalue weighted by molar-refractivity contribution is 5.52. The molecule has 0 unspecified atom stereocenters. The smallest absolute Gasteiger partial charge is 0.146 e. The zero-order valence-corrected chi connectivity index (χ0v) is 9.79. The van der Waals surface area contributed by atoms with Gasteiger partial charge >= 0.3 is 0 Å². The van der Waals surface area contributed by atoms with E-state index in [9.17, 15) is 4.39 Å². The van der Waals surface area contributed by atoms with E-state index in [1.165, 1.54) is 6.07 Å². The van der Waals surface area contributed by atoms with Crippen LogP contribution in [0.25, 0.3) is 0 Å². The fraction of sp³-hybridized carbons (Fsp3) is 0.538. The predicted molar refractivity (Wildman–Crippen MR) is 63.2 cm³/mol. The molecule has 0 atom stereocenters. The largest absolute Gasteiger partial charge is 0.380 e. The number of hydrogen-bond acceptors (Lipinski definition) is 2. The number of anilines is 1. The summed E-state index contributed by atoms with van der Waals surface area (Å²) < 4.78 is 19.0. The van der Waals surface area contributed by atoms with E-state index in [4.69, 9.17) is 4.74 Å². The lowest BCUT2D eigenvalue weighted by molar-refractivity contribution is 0.00292. The summed E-state index contributed by atoms with van der Waals surface area (Å²) in [5.41, 5.74) is 1.60. The molecule has 0 aromatic heterocycles. The fourth-order valence-electron chi connectivity index (χ4n) is 2.07. The summed E-state index contributed by atoms with van der Waals surface area (Å²) >= 11 is 0. The summed E-state index contributed by atoms with van der Waals surface area (Å²) in [5, 5.41) is 3.25. The van der Waals surface area contributed by atoms with Gasteiger partial charge in [-0.25, -0.2) is 4.39 Å². The minimum absolute atomic E-state index is 0.167. The first-order chi connectivity index (χ1) is 7.70. The van der Waals surface area contributed by atoms with Crippen molar-refractivity contribution in [2.75, 3.05) is 11.9 Å². The third-order valence-corrected chi connectivity index (χ3v) is 3.07. The SMILES string of the molecule is CCOC1CC(Nc2c(C)cccc2F)C1. The molecule has 1 fully saturated rings. The first kappa shape index (κ1) is 11.4. The Labute approximate surface area is 95.8 Å². The maximum atomic E-state index is 13.5. The summed E-state index contributed by atoms with van der Waals surface area (Å²) in [6, 6.07) is 5.50. The Kier molecular flexibility index (Phi) is 3.44. The molecule has 0 amide bonds. The van der Waals surface area contributed by atoms with Gasteiger partial charge in [-0.15, -0.1) is 0 Å². The second-order valence-electron chi connectivity index (χ2n) is 4.32. The quantitative estimate of drug-likeness (QED) is 0.846. The van der Waals surface area contributed by atoms with Crippen molar-refractivity contribution < 1.29 is 9.13 Å². The van der Waals surface area contributed by atoms with Crippen molar-refractivity contribution in [1.29, 1.82) is 0 Å². The highest BCUT2D eigenvalue weighted by Gasteiger charge is 2.30. The maximum Gasteiger partial charge on any atom is 0.146 e. The number of halogens is 1. The zero-order chi connectivity index (χ0) is 11.5. The minimum Gasteiger partial charge on any atom is -0.380 e. The van der Waals surface area contributed by atoms with E-state index in [2.05, 4.69) is 5.32 Å². The number of para-hydroxylation sites is 1. The van der Waals surface area contributed by atoms with Crippen LogP contribution in [0.3, 0.4) is 0 Å². The zero-order valence-electron chi connectivity index (χ0n) is 9.79. The van der Waals surface area contributed by atoms with Crippen molar-refractivity contribution in [3.8, 4) is 0 Å². The van der Waals surface area contributed by atoms with E-state index < -0.39 is 0 Å². The second-order valence-corrected chi connectivity index (χ2v) is 4.32. The fourth-order valence-corrected chi connectivity index (χ4v) is 2.07. The molecule has 1 aliphatic rings. The van der Waals surface area contributed by atoms with Gasteiger partial charge < -0.3 is 10.1 Å². The summed E-state index contributed by atoms with van der Waals surface area (Å²) in [6.07, 6.45) is 2.30. The maximum absolute atomic E-state index is 13.5. The predicted octanol–water partition coefficient (Wildman–Crippen LogP) is 3.11. The van der Waals surface area contributed by atoms with E-state index in [0.29, 0.717) is 17.8 Å². The molecular weight excluding hydrogens is 205 g/mol. The van der Waals surface area contributed by atoms with Crippen LogP contribution in [-0.2, 0) is 4.74 Å². The molecule has 1 aromatic rings. The van der Waals surface area contributed by atoms with Gasteiger partial charge in [0, 0.05) is 12.6 Å². The van der Waals surface area contributed by atoms with Crippen LogP contribution in [0.4, 0.5) is 10.1 Å². The van der Waals surface area contributed by atoms with Crippen LogP contribution in [-0.4, -0.2) is 18.8 Å². The van der Waals surface area contributed by atoms with Gasteiger partial charge in [0.15, 0.2) is 0 Å². The average Bonchev–Trinajstić information content (AvgIpc) is 2.19. The van der Waals surface area contributed by atoms with E-state index in [0.717, 1.165) is 25.0 Å². The van der Waals surface area contributed by atoms with Crippen molar-refractivity contribution >= 4 is 5.69 Å². The highest BCUT2D eigenvalue weighted by atomic mass is 19.1. The molecule has 1 N–H and O–H groups in total. The normalized spacial score (nSPS) is 23.9. The van der Waals surface area contributed by atoms with Gasteiger partial charge in [0.2, 0.25) is 0 Å². The molecule has 1 saturated carbocycles. The molecule has 88 valence electrons. The number of aryl methyl sites for hydroxylation is 1. The molecule has 2 nitrogen and oxygen atoms in total. The Morgan fingerprint density at radius 1 is 1.44 bits per heavy atom. The number of rotatable bonds is 4. The van der Waals surface area contributed by atoms with Gasteiger partial charge in [0.1, 0.15) is 5.82 Å². The lowest BCUT2D eigenvalue weighted by atomic mass is 9.89. The number of hydrogen-bond donors (Lipinski definition) is 1. The van der Waals surface area contributed by atoms with Crippen LogP contribution in [0.5, 0.6) is 0 Å². The van der Waals surface area contributed by atoms with E-state index in [1.807, 2.05) is 19.9 Å². The Bertz CT molecular complexity index is 341. The lowest BCUT2D eigenvalue weighted by Gasteiger charge is -2.36. The number of nitrogens with one attached hydrogen (secondary N) is 1. The first-order valence-corrected chi connectivity index (χ1v) is 5.84. The van der Waals surface area contributed by atoms with Gasteiger partial charge in [-0.1, -0.05) is 12.1 Å². The van der Waals surface area contributed by atoms with Crippen molar-refractivity contribution in [2.45, 2.75) is 38.8 Å². The van der Waals surface area contributed by atoms with Crippen molar-refractivity contribution in [1.82, 2.24) is 0 Å². The molecule has 2 rings (SSSR count). The molecule has 16 heavy (non-hydrogen) atoms. The van der Waals surface area contributed by atoms with E-state index in [1.54, 1.807) is 6.07 Å². The standard InChI is InChI=1S/C13H18FNO/c1-3-16-11-7-10(8-11)15-13-9(2)5-4-6-12(13)14/h4-6,10-11,15H,3,7-8H2,1-2H3. The summed E-state index contributed by atoms with van der Waals surface area (Å²) in [6.45, 7) is 4.68. The van der Waals surface area contributed by atoms with Gasteiger partial charge in [0.05, 0.1) is 11.8 Å². The Morgan fingerprint density at radius 2 is 2.19 bits per heavy atom. The number of ether oxygens (including phenoxy) is 1. The molecular formula is C13H18FNO. The summed E-state index contributed by atoms with van der Waals surface area (Å²) in [5.74, 6) is -0.167. The monoisotopic (exact) mass is 223 g/mol. The Hall–Kier alpha value is -1.09. The van der Waals surface area contributed by atoms with Crippen LogP contribution >= 0.6 is 0 Å². The van der Waals surface area contributed by atoms with Gasteiger partial charge in [-0.05, 0) is 38.3 Å². The molecule has 1 aliphatic carbocycles. The lowest BCUT2D eigenvalue weighted by Crippen LogP contribution is -2.41. The van der Waals surface area contributed by atoms with Crippen molar-refractivity contribution in [3.63, 3.8) is 0 Å². The van der Waals surface area contributed by atoms with Gasteiger partial charge in [-0.2, -0.15) is 0 Å². The van der Waals surface area contributed by atoms with Crippen LogP contribution < -0.4 is 5.32 Å². The third-order valence-electron chi connectivity index (χ3n) is 3.07. The van der Waals surface area contributed by atoms with E-state index >= 15 is 0 Å². The first-order valence-electron chi connectivity index (χ1n) is 5.84. The van der Waals surface area contributed by atoms with Crippen molar-refractivity contribution in [2.24, 2.45) is 0 Å². The summed E-state index contributed by atoms with van der Waals surface area (Å²) in [4.78, 5) is 0. The molecule has 0 spiro atoms. The molecule has 1 aromatic carbocycles. The van der Waals surface area contributed by atoms with Crippen LogP contribution in [0.15, 0.2) is 18.2 Å². The second kappa shape index (κ2) is 4.83. The minimum atomic E-state index is -0.167. The molecule has 0 radical (unpaired) electrons. The van der Waals surface area contributed by atoms with Gasteiger partial charge in [0.25, 0.3) is 0 Å².